The zero-order chi connectivity index (χ0) is 9.52. The molecule has 0 N–H and O–H groups in total. The molecule has 0 saturated heterocycles. The van der Waals surface area contributed by atoms with Gasteiger partial charge in [0.05, 0.1) is 0 Å². The van der Waals surface area contributed by atoms with Crippen molar-refractivity contribution >= 4 is 0 Å². The van der Waals surface area contributed by atoms with E-state index in [1.165, 1.54) is 38.5 Å². The van der Waals surface area contributed by atoms with E-state index in [9.17, 15) is 0 Å². The van der Waals surface area contributed by atoms with Crippen molar-refractivity contribution in [1.29, 1.82) is 0 Å². The largest absolute Gasteiger partial charge is 3.00 e. The third-order valence-corrected chi connectivity index (χ3v) is 2.61. The third kappa shape index (κ3) is 7.99. The van der Waals surface area contributed by atoms with E-state index in [-0.39, 0.29) is 51.0 Å². The number of rotatable bonds is 6. The van der Waals surface area contributed by atoms with Crippen LogP contribution in [0.15, 0.2) is 18.2 Å². The van der Waals surface area contributed by atoms with Crippen LogP contribution in [0.5, 0.6) is 0 Å². The summed E-state index contributed by atoms with van der Waals surface area (Å²) in [5.74, 6) is 0. The molecular formula is C13H21Cl2Zr. The van der Waals surface area contributed by atoms with E-state index in [0.717, 1.165) is 0 Å². The first-order valence-corrected chi connectivity index (χ1v) is 5.62. The summed E-state index contributed by atoms with van der Waals surface area (Å²) in [4.78, 5) is 0. The number of halogens is 2. The van der Waals surface area contributed by atoms with Crippen LogP contribution in [0.1, 0.15) is 50.7 Å². The number of hydrogen-bond acceptors (Lipinski definition) is 0. The average Bonchev–Trinajstić information content (AvgIpc) is 2.59. The van der Waals surface area contributed by atoms with Gasteiger partial charge in [0.25, 0.3) is 0 Å². The van der Waals surface area contributed by atoms with Crippen LogP contribution in [0.2, 0.25) is 0 Å². The van der Waals surface area contributed by atoms with Gasteiger partial charge in [0.2, 0.25) is 0 Å². The van der Waals surface area contributed by atoms with Gasteiger partial charge in [-0.25, -0.2) is 12.1 Å². The second-order valence-corrected chi connectivity index (χ2v) is 3.78. The molecule has 16 heavy (non-hydrogen) atoms. The molecular weight excluding hydrogens is 318 g/mol. The summed E-state index contributed by atoms with van der Waals surface area (Å²) in [6.07, 6.45) is 7.84. The fourth-order valence-corrected chi connectivity index (χ4v) is 1.72. The molecule has 0 bridgehead atoms. The van der Waals surface area contributed by atoms with Crippen LogP contribution in [0.3, 0.4) is 0 Å². The zero-order valence-corrected chi connectivity index (χ0v) is 14.2. The molecule has 1 rings (SSSR count). The minimum atomic E-state index is 0. The summed E-state index contributed by atoms with van der Waals surface area (Å²) in [7, 11) is 0. The Morgan fingerprint density at radius 3 is 2.25 bits per heavy atom. The summed E-state index contributed by atoms with van der Waals surface area (Å²) in [6.45, 7) is 4.52. The fourth-order valence-electron chi connectivity index (χ4n) is 1.72. The molecule has 0 saturated carbocycles. The van der Waals surface area contributed by atoms with Gasteiger partial charge in [0, 0.05) is 0 Å². The molecule has 0 fully saturated rings. The van der Waals surface area contributed by atoms with Gasteiger partial charge in [-0.15, -0.1) is 0 Å². The van der Waals surface area contributed by atoms with Crippen LogP contribution < -0.4 is 24.8 Å². The molecule has 3 heteroatoms. The molecule has 1 aromatic rings. The molecule has 0 heterocycles. The minimum Gasteiger partial charge on any atom is -1.00 e. The second-order valence-electron chi connectivity index (χ2n) is 3.78. The Morgan fingerprint density at radius 1 is 1.06 bits per heavy atom. The molecule has 0 aliphatic heterocycles. The van der Waals surface area contributed by atoms with E-state index in [2.05, 4.69) is 32.0 Å². The van der Waals surface area contributed by atoms with Crippen molar-refractivity contribution in [2.75, 3.05) is 0 Å². The van der Waals surface area contributed by atoms with E-state index in [0.29, 0.717) is 0 Å². The SMILES string of the molecule is CCCCc1ccc[c-]1CCCC.[Cl-].[Cl-].[Zr+3]. The molecule has 0 atom stereocenters. The van der Waals surface area contributed by atoms with Crippen LogP contribution in [-0.2, 0) is 39.0 Å². The third-order valence-electron chi connectivity index (χ3n) is 2.61. The van der Waals surface area contributed by atoms with Crippen molar-refractivity contribution in [3.63, 3.8) is 0 Å². The van der Waals surface area contributed by atoms with Crippen molar-refractivity contribution in [2.45, 2.75) is 52.4 Å². The molecule has 0 aromatic heterocycles. The smallest absolute Gasteiger partial charge is 1.00 e. The summed E-state index contributed by atoms with van der Waals surface area (Å²) >= 11 is 0. The van der Waals surface area contributed by atoms with Crippen LogP contribution in [-0.4, -0.2) is 0 Å². The van der Waals surface area contributed by atoms with Gasteiger partial charge >= 0.3 is 26.2 Å². The molecule has 0 spiro atoms. The Kier molecular flexibility index (Phi) is 19.1. The minimum absolute atomic E-state index is 0. The molecule has 0 aliphatic rings. The van der Waals surface area contributed by atoms with Gasteiger partial charge < -0.3 is 24.8 Å². The fraction of sp³-hybridized carbons (Fsp3) is 0.615. The Balaban J connectivity index is -0.000000563. The van der Waals surface area contributed by atoms with Crippen molar-refractivity contribution < 1.29 is 51.0 Å². The quantitative estimate of drug-likeness (QED) is 0.531. The maximum atomic E-state index is 2.29. The molecule has 0 amide bonds. The van der Waals surface area contributed by atoms with Gasteiger partial charge in [-0.3, -0.25) is 0 Å². The first-order chi connectivity index (χ1) is 6.38. The summed E-state index contributed by atoms with van der Waals surface area (Å²) in [5, 5.41) is 0. The van der Waals surface area contributed by atoms with E-state index >= 15 is 0 Å². The maximum absolute atomic E-state index is 2.29. The molecule has 0 aliphatic carbocycles. The van der Waals surface area contributed by atoms with Gasteiger partial charge in [0.15, 0.2) is 0 Å². The molecule has 0 unspecified atom stereocenters. The van der Waals surface area contributed by atoms with E-state index < -0.39 is 0 Å². The maximum Gasteiger partial charge on any atom is 3.00 e. The Hall–Kier alpha value is 0.813. The number of unbranched alkanes of at least 4 members (excludes halogenated alkanes) is 2. The van der Waals surface area contributed by atoms with Crippen LogP contribution in [0.4, 0.5) is 0 Å². The second kappa shape index (κ2) is 13.9. The van der Waals surface area contributed by atoms with Gasteiger partial charge in [0.1, 0.15) is 0 Å². The normalized spacial score (nSPS) is 8.62. The van der Waals surface area contributed by atoms with Gasteiger partial charge in [-0.1, -0.05) is 52.4 Å². The number of hydrogen-bond donors (Lipinski definition) is 0. The van der Waals surface area contributed by atoms with Gasteiger partial charge in [-0.05, 0) is 0 Å². The predicted molar refractivity (Wildman–Crippen MR) is 59.3 cm³/mol. The van der Waals surface area contributed by atoms with Gasteiger partial charge in [-0.2, -0.15) is 17.2 Å². The van der Waals surface area contributed by atoms with E-state index in [1.807, 2.05) is 0 Å². The molecule has 91 valence electrons. The predicted octanol–water partition coefficient (Wildman–Crippen LogP) is -1.90. The standard InChI is InChI=1S/C13H21.2ClH.Zr/c1-3-5-8-12-10-7-11-13(12)9-6-4-2;;;/h7,10-11H,3-6,8-9H2,1-2H3;2*1H;/q-1;;;+3/p-2. The Bertz CT molecular complexity index is 211. The number of aryl methyl sites for hydroxylation is 2. The van der Waals surface area contributed by atoms with Crippen LogP contribution in [0.25, 0.3) is 0 Å². The van der Waals surface area contributed by atoms with Crippen molar-refractivity contribution in [1.82, 2.24) is 0 Å². The topological polar surface area (TPSA) is 0 Å². The van der Waals surface area contributed by atoms with Crippen molar-refractivity contribution in [3.8, 4) is 0 Å². The Morgan fingerprint density at radius 2 is 1.69 bits per heavy atom. The first-order valence-electron chi connectivity index (χ1n) is 5.62. The summed E-state index contributed by atoms with van der Waals surface area (Å²) in [5.41, 5.74) is 3.19. The summed E-state index contributed by atoms with van der Waals surface area (Å²) in [6, 6.07) is 6.79. The zero-order valence-electron chi connectivity index (χ0n) is 10.2. The first kappa shape index (κ1) is 22.0. The van der Waals surface area contributed by atoms with Crippen molar-refractivity contribution in [2.24, 2.45) is 0 Å². The molecule has 0 nitrogen and oxygen atoms in total. The van der Waals surface area contributed by atoms with E-state index in [1.54, 1.807) is 11.1 Å². The Labute approximate surface area is 132 Å². The van der Waals surface area contributed by atoms with Crippen LogP contribution >= 0.6 is 0 Å². The molecule has 1 radical (unpaired) electrons. The monoisotopic (exact) mass is 337 g/mol. The van der Waals surface area contributed by atoms with Crippen LogP contribution in [0, 0.1) is 0 Å². The summed E-state index contributed by atoms with van der Waals surface area (Å²) < 4.78 is 0. The van der Waals surface area contributed by atoms with Crippen molar-refractivity contribution in [3.05, 3.63) is 29.3 Å². The van der Waals surface area contributed by atoms with E-state index in [4.69, 9.17) is 0 Å². The average molecular weight is 339 g/mol. The molecule has 1 aromatic carbocycles.